The number of carboxylic acid groups (broad SMARTS) is 1. The first kappa shape index (κ1) is 14.6. The van der Waals surface area contributed by atoms with Gasteiger partial charge in [-0.05, 0) is 36.5 Å². The fourth-order valence-corrected chi connectivity index (χ4v) is 1.90. The smallest absolute Gasteiger partial charge is 0.307 e. The molecule has 4 nitrogen and oxygen atoms in total. The van der Waals surface area contributed by atoms with Crippen molar-refractivity contribution in [2.45, 2.75) is 33.7 Å². The van der Waals surface area contributed by atoms with Crippen LogP contribution in [-0.4, -0.2) is 22.6 Å². The van der Waals surface area contributed by atoms with Gasteiger partial charge in [-0.1, -0.05) is 13.8 Å². The normalized spacial score (nSPS) is 12.7. The molecular formula is C14H22N2O2. The molecule has 0 saturated heterocycles. The van der Waals surface area contributed by atoms with Crippen LogP contribution in [0.5, 0.6) is 0 Å². The number of carboxylic acids is 1. The minimum atomic E-state index is -0.723. The Labute approximate surface area is 108 Å². The van der Waals surface area contributed by atoms with Crippen molar-refractivity contribution in [2.24, 2.45) is 11.8 Å². The quantitative estimate of drug-likeness (QED) is 0.779. The standard InChI is InChI=1S/C14H22N2O2/c1-10(2)6-12(14(17)18)7-16-9-13-8-15-5-4-11(13)3/h4-5,8,10,12,16H,6-7,9H2,1-3H3,(H,17,18). The summed E-state index contributed by atoms with van der Waals surface area (Å²) >= 11 is 0. The van der Waals surface area contributed by atoms with Crippen molar-refractivity contribution in [1.82, 2.24) is 10.3 Å². The number of aromatic nitrogens is 1. The molecule has 1 aromatic heterocycles. The Hall–Kier alpha value is -1.42. The third-order valence-corrected chi connectivity index (χ3v) is 2.96. The maximum atomic E-state index is 11.1. The van der Waals surface area contributed by atoms with Gasteiger partial charge in [0, 0.05) is 25.5 Å². The molecule has 2 N–H and O–H groups in total. The Bertz CT molecular complexity index is 391. The Morgan fingerprint density at radius 1 is 1.50 bits per heavy atom. The molecular weight excluding hydrogens is 228 g/mol. The van der Waals surface area contributed by atoms with E-state index in [0.29, 0.717) is 25.4 Å². The van der Waals surface area contributed by atoms with Gasteiger partial charge in [0.1, 0.15) is 0 Å². The van der Waals surface area contributed by atoms with E-state index in [9.17, 15) is 4.79 Å². The summed E-state index contributed by atoms with van der Waals surface area (Å²) in [7, 11) is 0. The predicted molar refractivity (Wildman–Crippen MR) is 71.3 cm³/mol. The molecule has 1 heterocycles. The maximum Gasteiger partial charge on any atom is 0.307 e. The molecule has 0 amide bonds. The molecule has 0 aliphatic heterocycles. The minimum Gasteiger partial charge on any atom is -0.481 e. The van der Waals surface area contributed by atoms with Crippen LogP contribution in [0.15, 0.2) is 18.5 Å². The molecule has 0 aromatic carbocycles. The average Bonchev–Trinajstić information content (AvgIpc) is 2.29. The van der Waals surface area contributed by atoms with Crippen LogP contribution in [0, 0.1) is 18.8 Å². The lowest BCUT2D eigenvalue weighted by molar-refractivity contribution is -0.142. The SMILES string of the molecule is Cc1ccncc1CNCC(CC(C)C)C(=O)O. The number of hydrogen-bond acceptors (Lipinski definition) is 3. The molecule has 0 fully saturated rings. The molecule has 1 rings (SSSR count). The first-order valence-electron chi connectivity index (χ1n) is 6.33. The van der Waals surface area contributed by atoms with Crippen LogP contribution in [0.3, 0.4) is 0 Å². The van der Waals surface area contributed by atoms with Gasteiger partial charge in [0.05, 0.1) is 5.92 Å². The van der Waals surface area contributed by atoms with Crippen molar-refractivity contribution in [2.75, 3.05) is 6.54 Å². The van der Waals surface area contributed by atoms with Crippen molar-refractivity contribution < 1.29 is 9.90 Å². The summed E-state index contributed by atoms with van der Waals surface area (Å²) < 4.78 is 0. The van der Waals surface area contributed by atoms with Gasteiger partial charge >= 0.3 is 5.97 Å². The van der Waals surface area contributed by atoms with Crippen LogP contribution in [0.25, 0.3) is 0 Å². The largest absolute Gasteiger partial charge is 0.481 e. The van der Waals surface area contributed by atoms with E-state index in [1.54, 1.807) is 6.20 Å². The van der Waals surface area contributed by atoms with Gasteiger partial charge in [0.15, 0.2) is 0 Å². The topological polar surface area (TPSA) is 62.2 Å². The molecule has 18 heavy (non-hydrogen) atoms. The summed E-state index contributed by atoms with van der Waals surface area (Å²) in [6.07, 6.45) is 4.28. The van der Waals surface area contributed by atoms with Crippen LogP contribution < -0.4 is 5.32 Å². The van der Waals surface area contributed by atoms with E-state index in [-0.39, 0.29) is 5.92 Å². The van der Waals surface area contributed by atoms with Crippen molar-refractivity contribution >= 4 is 5.97 Å². The monoisotopic (exact) mass is 250 g/mol. The number of carbonyl (C=O) groups is 1. The lowest BCUT2D eigenvalue weighted by Gasteiger charge is -2.15. The highest BCUT2D eigenvalue weighted by atomic mass is 16.4. The Morgan fingerprint density at radius 2 is 2.22 bits per heavy atom. The molecule has 0 aliphatic rings. The number of aryl methyl sites for hydroxylation is 1. The van der Waals surface area contributed by atoms with Crippen molar-refractivity contribution in [3.8, 4) is 0 Å². The fraction of sp³-hybridized carbons (Fsp3) is 0.571. The lowest BCUT2D eigenvalue weighted by atomic mass is 9.97. The summed E-state index contributed by atoms with van der Waals surface area (Å²) in [5, 5.41) is 12.3. The Morgan fingerprint density at radius 3 is 2.78 bits per heavy atom. The summed E-state index contributed by atoms with van der Waals surface area (Å²) in [5.74, 6) is -0.644. The molecule has 0 bridgehead atoms. The van der Waals surface area contributed by atoms with Crippen LogP contribution in [-0.2, 0) is 11.3 Å². The maximum absolute atomic E-state index is 11.1. The molecule has 0 saturated carbocycles. The summed E-state index contributed by atoms with van der Waals surface area (Å²) in [5.41, 5.74) is 2.29. The first-order valence-corrected chi connectivity index (χ1v) is 6.33. The molecule has 0 spiro atoms. The van der Waals surface area contributed by atoms with Crippen molar-refractivity contribution in [3.05, 3.63) is 29.6 Å². The third-order valence-electron chi connectivity index (χ3n) is 2.96. The third kappa shape index (κ3) is 4.84. The fourth-order valence-electron chi connectivity index (χ4n) is 1.90. The highest BCUT2D eigenvalue weighted by molar-refractivity contribution is 5.70. The van der Waals surface area contributed by atoms with E-state index in [2.05, 4.69) is 10.3 Å². The average molecular weight is 250 g/mol. The van der Waals surface area contributed by atoms with Crippen LogP contribution >= 0.6 is 0 Å². The molecule has 0 aliphatic carbocycles. The molecule has 4 heteroatoms. The molecule has 0 radical (unpaired) electrons. The van der Waals surface area contributed by atoms with E-state index in [1.165, 1.54) is 5.56 Å². The van der Waals surface area contributed by atoms with Gasteiger partial charge in [0.2, 0.25) is 0 Å². The molecule has 1 atom stereocenters. The van der Waals surface area contributed by atoms with Gasteiger partial charge in [-0.3, -0.25) is 9.78 Å². The summed E-state index contributed by atoms with van der Waals surface area (Å²) in [6.45, 7) is 7.29. The highest BCUT2D eigenvalue weighted by Crippen LogP contribution is 2.11. The second-order valence-corrected chi connectivity index (χ2v) is 5.10. The molecule has 1 unspecified atom stereocenters. The van der Waals surface area contributed by atoms with Gasteiger partial charge < -0.3 is 10.4 Å². The Balaban J connectivity index is 2.44. The van der Waals surface area contributed by atoms with Crippen LogP contribution in [0.2, 0.25) is 0 Å². The zero-order valence-corrected chi connectivity index (χ0v) is 11.3. The number of aliphatic carboxylic acids is 1. The summed E-state index contributed by atoms with van der Waals surface area (Å²) in [6, 6.07) is 1.96. The van der Waals surface area contributed by atoms with Gasteiger partial charge in [-0.25, -0.2) is 0 Å². The van der Waals surface area contributed by atoms with Crippen LogP contribution in [0.4, 0.5) is 0 Å². The van der Waals surface area contributed by atoms with Gasteiger partial charge in [-0.2, -0.15) is 0 Å². The number of nitrogens with zero attached hydrogens (tertiary/aromatic N) is 1. The summed E-state index contributed by atoms with van der Waals surface area (Å²) in [4.78, 5) is 15.2. The van der Waals surface area contributed by atoms with Crippen molar-refractivity contribution in [3.63, 3.8) is 0 Å². The second kappa shape index (κ2) is 7.11. The number of rotatable bonds is 7. The minimum absolute atomic E-state index is 0.318. The van der Waals surface area contributed by atoms with Crippen LogP contribution in [0.1, 0.15) is 31.4 Å². The second-order valence-electron chi connectivity index (χ2n) is 5.10. The zero-order chi connectivity index (χ0) is 13.5. The van der Waals surface area contributed by atoms with E-state index in [4.69, 9.17) is 5.11 Å². The highest BCUT2D eigenvalue weighted by Gasteiger charge is 2.18. The zero-order valence-electron chi connectivity index (χ0n) is 11.3. The Kier molecular flexibility index (Phi) is 5.78. The number of nitrogens with one attached hydrogen (secondary N) is 1. The molecule has 1 aromatic rings. The van der Waals surface area contributed by atoms with Gasteiger partial charge in [-0.15, -0.1) is 0 Å². The van der Waals surface area contributed by atoms with E-state index in [1.807, 2.05) is 33.0 Å². The van der Waals surface area contributed by atoms with E-state index in [0.717, 1.165) is 5.56 Å². The lowest BCUT2D eigenvalue weighted by Crippen LogP contribution is -2.29. The number of pyridine rings is 1. The number of hydrogen-bond donors (Lipinski definition) is 2. The molecule has 100 valence electrons. The van der Waals surface area contributed by atoms with Crippen molar-refractivity contribution in [1.29, 1.82) is 0 Å². The first-order chi connectivity index (χ1) is 8.50. The van der Waals surface area contributed by atoms with E-state index < -0.39 is 5.97 Å². The predicted octanol–water partition coefficient (Wildman–Crippen LogP) is 2.23. The van der Waals surface area contributed by atoms with E-state index >= 15 is 0 Å². The van der Waals surface area contributed by atoms with Gasteiger partial charge in [0.25, 0.3) is 0 Å².